The standard InChI is InChI=1S/C19H24N4O4/c24-7-6-19(10-20-11-19)21-8-12-2-1-3-13-9-23(18(27)16(12)13)14-4-5-15(25)22-17(14)26/h1-3,14,20-21,24H,4-11H2,(H,22,25,26). The highest BCUT2D eigenvalue weighted by molar-refractivity contribution is 6.05. The zero-order chi connectivity index (χ0) is 19.0. The monoisotopic (exact) mass is 372 g/mol. The van der Waals surface area contributed by atoms with E-state index in [9.17, 15) is 19.5 Å². The normalized spacial score (nSPS) is 23.8. The molecule has 1 aromatic rings. The summed E-state index contributed by atoms with van der Waals surface area (Å²) in [6.45, 7) is 2.61. The molecule has 4 N–H and O–H groups in total. The van der Waals surface area contributed by atoms with E-state index in [1.807, 2.05) is 18.2 Å². The van der Waals surface area contributed by atoms with Gasteiger partial charge in [0.05, 0.1) is 0 Å². The van der Waals surface area contributed by atoms with Crippen molar-refractivity contribution in [1.29, 1.82) is 0 Å². The number of fused-ring (bicyclic) bond motifs is 1. The van der Waals surface area contributed by atoms with Gasteiger partial charge in [-0.25, -0.2) is 0 Å². The average molecular weight is 372 g/mol. The minimum absolute atomic E-state index is 0.115. The molecule has 2 saturated heterocycles. The number of nitrogens with zero attached hydrogens (tertiary/aromatic N) is 1. The van der Waals surface area contributed by atoms with Gasteiger partial charge in [0.25, 0.3) is 5.91 Å². The van der Waals surface area contributed by atoms with Crippen molar-refractivity contribution in [2.24, 2.45) is 0 Å². The van der Waals surface area contributed by atoms with Crippen LogP contribution in [0.2, 0.25) is 0 Å². The fraction of sp³-hybridized carbons (Fsp3) is 0.526. The van der Waals surface area contributed by atoms with E-state index in [1.165, 1.54) is 0 Å². The van der Waals surface area contributed by atoms with E-state index in [0.717, 1.165) is 24.2 Å². The van der Waals surface area contributed by atoms with Gasteiger partial charge in [-0.15, -0.1) is 0 Å². The Hall–Kier alpha value is -2.29. The van der Waals surface area contributed by atoms with Crippen LogP contribution in [-0.4, -0.2) is 59.0 Å². The molecular formula is C19H24N4O4. The van der Waals surface area contributed by atoms with Gasteiger partial charge in [0.15, 0.2) is 0 Å². The molecule has 0 saturated carbocycles. The molecule has 1 unspecified atom stereocenters. The molecule has 8 nitrogen and oxygen atoms in total. The second-order valence-electron chi connectivity index (χ2n) is 7.56. The number of piperidine rings is 1. The molecule has 4 rings (SSSR count). The quantitative estimate of drug-likeness (QED) is 0.490. The third kappa shape index (κ3) is 3.24. The van der Waals surface area contributed by atoms with Crippen LogP contribution >= 0.6 is 0 Å². The highest BCUT2D eigenvalue weighted by atomic mass is 16.3. The molecule has 1 atom stereocenters. The van der Waals surface area contributed by atoms with E-state index in [-0.39, 0.29) is 30.4 Å². The van der Waals surface area contributed by atoms with Crippen molar-refractivity contribution in [1.82, 2.24) is 20.9 Å². The maximum atomic E-state index is 13.1. The predicted molar refractivity (Wildman–Crippen MR) is 96.6 cm³/mol. The molecule has 3 aliphatic heterocycles. The molecule has 0 radical (unpaired) electrons. The van der Waals surface area contributed by atoms with E-state index in [0.29, 0.717) is 31.5 Å². The molecule has 1 aromatic carbocycles. The summed E-state index contributed by atoms with van der Waals surface area (Å²) in [4.78, 5) is 38.2. The van der Waals surface area contributed by atoms with Gasteiger partial charge in [0.1, 0.15) is 6.04 Å². The minimum atomic E-state index is -0.597. The van der Waals surface area contributed by atoms with Crippen LogP contribution in [0.15, 0.2) is 18.2 Å². The molecular weight excluding hydrogens is 348 g/mol. The Kier molecular flexibility index (Phi) is 4.71. The summed E-state index contributed by atoms with van der Waals surface area (Å²) in [5.74, 6) is -0.831. The van der Waals surface area contributed by atoms with Crippen molar-refractivity contribution in [3.8, 4) is 0 Å². The van der Waals surface area contributed by atoms with Crippen LogP contribution < -0.4 is 16.0 Å². The van der Waals surface area contributed by atoms with E-state index in [4.69, 9.17) is 0 Å². The van der Waals surface area contributed by atoms with Gasteiger partial charge in [-0.2, -0.15) is 0 Å². The Labute approximate surface area is 157 Å². The lowest BCUT2D eigenvalue weighted by atomic mass is 9.88. The zero-order valence-corrected chi connectivity index (χ0v) is 15.1. The Morgan fingerprint density at radius 1 is 1.26 bits per heavy atom. The second-order valence-corrected chi connectivity index (χ2v) is 7.56. The molecule has 2 fully saturated rings. The van der Waals surface area contributed by atoms with Gasteiger partial charge in [-0.05, 0) is 24.0 Å². The lowest BCUT2D eigenvalue weighted by Gasteiger charge is -2.43. The maximum Gasteiger partial charge on any atom is 0.255 e. The third-order valence-corrected chi connectivity index (χ3v) is 5.81. The van der Waals surface area contributed by atoms with Crippen LogP contribution in [0.1, 0.15) is 40.7 Å². The number of benzene rings is 1. The van der Waals surface area contributed by atoms with Crippen molar-refractivity contribution in [2.75, 3.05) is 19.7 Å². The number of hydrogen-bond acceptors (Lipinski definition) is 6. The number of imide groups is 1. The molecule has 144 valence electrons. The number of carbonyl (C=O) groups excluding carboxylic acids is 3. The van der Waals surface area contributed by atoms with Gasteiger partial charge in [0, 0.05) is 50.3 Å². The van der Waals surface area contributed by atoms with Crippen molar-refractivity contribution < 1.29 is 19.5 Å². The summed E-state index contributed by atoms with van der Waals surface area (Å²) in [5, 5.41) is 18.3. The molecule has 0 aliphatic carbocycles. The summed E-state index contributed by atoms with van der Waals surface area (Å²) in [7, 11) is 0. The molecule has 3 amide bonds. The first-order chi connectivity index (χ1) is 13.0. The van der Waals surface area contributed by atoms with Crippen molar-refractivity contribution in [2.45, 2.75) is 43.9 Å². The Bertz CT molecular complexity index is 790. The van der Waals surface area contributed by atoms with Crippen molar-refractivity contribution >= 4 is 17.7 Å². The van der Waals surface area contributed by atoms with Gasteiger partial charge in [-0.3, -0.25) is 19.7 Å². The summed E-state index contributed by atoms with van der Waals surface area (Å²) < 4.78 is 0. The van der Waals surface area contributed by atoms with E-state index in [2.05, 4.69) is 16.0 Å². The maximum absolute atomic E-state index is 13.1. The molecule has 3 aliphatic rings. The van der Waals surface area contributed by atoms with E-state index >= 15 is 0 Å². The summed E-state index contributed by atoms with van der Waals surface area (Å²) >= 11 is 0. The number of hydrogen-bond donors (Lipinski definition) is 4. The molecule has 0 aromatic heterocycles. The van der Waals surface area contributed by atoms with Crippen LogP contribution in [0.5, 0.6) is 0 Å². The van der Waals surface area contributed by atoms with Gasteiger partial charge < -0.3 is 20.6 Å². The van der Waals surface area contributed by atoms with E-state index < -0.39 is 11.9 Å². The molecule has 0 bridgehead atoms. The van der Waals surface area contributed by atoms with Crippen LogP contribution in [0, 0.1) is 0 Å². The lowest BCUT2D eigenvalue weighted by Crippen LogP contribution is -2.67. The Morgan fingerprint density at radius 2 is 2.07 bits per heavy atom. The van der Waals surface area contributed by atoms with E-state index in [1.54, 1.807) is 4.90 Å². The number of aliphatic hydroxyl groups excluding tert-OH is 1. The van der Waals surface area contributed by atoms with Crippen LogP contribution in [0.4, 0.5) is 0 Å². The number of aliphatic hydroxyl groups is 1. The molecule has 0 spiro atoms. The number of amides is 3. The van der Waals surface area contributed by atoms with Crippen molar-refractivity contribution in [3.05, 3.63) is 34.9 Å². The first kappa shape index (κ1) is 18.1. The van der Waals surface area contributed by atoms with Crippen molar-refractivity contribution in [3.63, 3.8) is 0 Å². The molecule has 3 heterocycles. The zero-order valence-electron chi connectivity index (χ0n) is 15.1. The van der Waals surface area contributed by atoms with Gasteiger partial charge in [-0.1, -0.05) is 18.2 Å². The van der Waals surface area contributed by atoms with Gasteiger partial charge >= 0.3 is 0 Å². The molecule has 8 heteroatoms. The largest absolute Gasteiger partial charge is 0.396 e. The van der Waals surface area contributed by atoms with Crippen LogP contribution in [-0.2, 0) is 22.7 Å². The van der Waals surface area contributed by atoms with Crippen LogP contribution in [0.3, 0.4) is 0 Å². The topological polar surface area (TPSA) is 111 Å². The average Bonchev–Trinajstić information content (AvgIpc) is 2.94. The smallest absolute Gasteiger partial charge is 0.255 e. The Morgan fingerprint density at radius 3 is 2.74 bits per heavy atom. The number of rotatable bonds is 6. The fourth-order valence-electron chi connectivity index (χ4n) is 4.15. The fourth-order valence-corrected chi connectivity index (χ4v) is 4.15. The SMILES string of the molecule is O=C1CCC(N2Cc3cccc(CNC4(CCO)CNC4)c3C2=O)C(=O)N1. The molecule has 27 heavy (non-hydrogen) atoms. The summed E-state index contributed by atoms with van der Waals surface area (Å²) in [5.41, 5.74) is 2.33. The highest BCUT2D eigenvalue weighted by Gasteiger charge is 2.40. The lowest BCUT2D eigenvalue weighted by molar-refractivity contribution is -0.136. The van der Waals surface area contributed by atoms with Gasteiger partial charge in [0.2, 0.25) is 11.8 Å². The minimum Gasteiger partial charge on any atom is -0.396 e. The first-order valence-electron chi connectivity index (χ1n) is 9.35. The first-order valence-corrected chi connectivity index (χ1v) is 9.35. The van der Waals surface area contributed by atoms with Crippen LogP contribution in [0.25, 0.3) is 0 Å². The number of nitrogens with one attached hydrogen (secondary N) is 3. The Balaban J connectivity index is 1.51. The summed E-state index contributed by atoms with van der Waals surface area (Å²) in [6.07, 6.45) is 1.27. The predicted octanol–water partition coefficient (Wildman–Crippen LogP) is -0.738. The second kappa shape index (κ2) is 7.03. The highest BCUT2D eigenvalue weighted by Crippen LogP contribution is 2.30. The summed E-state index contributed by atoms with van der Waals surface area (Å²) in [6, 6.07) is 5.17. The number of carbonyl (C=O) groups is 3. The third-order valence-electron chi connectivity index (χ3n) is 5.81.